The smallest absolute Gasteiger partial charge is 0.321 e. The van der Waals surface area contributed by atoms with Gasteiger partial charge in [-0.2, -0.15) is 5.10 Å². The number of hydrazine groups is 1. The van der Waals surface area contributed by atoms with Crippen LogP contribution in [0.25, 0.3) is 0 Å². The number of nitrogens with zero attached hydrogens (tertiary/aromatic N) is 1. The number of hydrazone groups is 1. The summed E-state index contributed by atoms with van der Waals surface area (Å²) in [5.74, 6) is 5.98. The molecule has 2 rings (SSSR count). The number of hydrogen-bond acceptors (Lipinski definition) is 4. The van der Waals surface area contributed by atoms with Crippen molar-refractivity contribution in [1.82, 2.24) is 10.9 Å². The quantitative estimate of drug-likeness (QED) is 0.173. The van der Waals surface area contributed by atoms with E-state index in [-0.39, 0.29) is 6.03 Å². The summed E-state index contributed by atoms with van der Waals surface area (Å²) in [5.41, 5.74) is 9.35. The first-order valence-electron chi connectivity index (χ1n) is 8.65. The van der Waals surface area contributed by atoms with E-state index in [0.717, 1.165) is 36.2 Å². The molecule has 7 nitrogen and oxygen atoms in total. The highest BCUT2D eigenvalue weighted by Gasteiger charge is 2.06. The number of amides is 2. The van der Waals surface area contributed by atoms with Gasteiger partial charge < -0.3 is 21.9 Å². The second-order valence-corrected chi connectivity index (χ2v) is 5.85. The maximum atomic E-state index is 12.1. The molecule has 0 aliphatic rings. The van der Waals surface area contributed by atoms with Crippen molar-refractivity contribution >= 4 is 23.2 Å². The third kappa shape index (κ3) is 5.78. The summed E-state index contributed by atoms with van der Waals surface area (Å²) in [6.07, 6.45) is 2.17. The molecular formula is C19H26N6O. The first-order valence-corrected chi connectivity index (χ1v) is 8.65. The number of benzene rings is 2. The minimum atomic E-state index is -0.292. The van der Waals surface area contributed by atoms with Gasteiger partial charge in [0, 0.05) is 23.5 Å². The SMILES string of the molecule is CCCCNNC(=NN)c1ccc(NC(=O)Nc2ccccc2C)cc1. The number of amidine groups is 1. The Morgan fingerprint density at radius 3 is 2.46 bits per heavy atom. The Labute approximate surface area is 154 Å². The molecule has 0 atom stereocenters. The van der Waals surface area contributed by atoms with Crippen LogP contribution in [-0.4, -0.2) is 18.4 Å². The Bertz CT molecular complexity index is 742. The number of unbranched alkanes of at least 4 members (excludes halogenated alkanes) is 1. The number of rotatable bonds is 7. The van der Waals surface area contributed by atoms with E-state index in [4.69, 9.17) is 5.84 Å². The van der Waals surface area contributed by atoms with Gasteiger partial charge in [0.05, 0.1) is 0 Å². The fraction of sp³-hybridized carbons (Fsp3) is 0.263. The van der Waals surface area contributed by atoms with E-state index >= 15 is 0 Å². The van der Waals surface area contributed by atoms with Crippen molar-refractivity contribution in [1.29, 1.82) is 0 Å². The average Bonchev–Trinajstić information content (AvgIpc) is 2.65. The van der Waals surface area contributed by atoms with Crippen molar-refractivity contribution in [3.05, 3.63) is 59.7 Å². The molecule has 0 aliphatic carbocycles. The maximum absolute atomic E-state index is 12.1. The highest BCUT2D eigenvalue weighted by atomic mass is 16.2. The van der Waals surface area contributed by atoms with Crippen molar-refractivity contribution in [2.75, 3.05) is 17.2 Å². The molecule has 138 valence electrons. The highest BCUT2D eigenvalue weighted by molar-refractivity contribution is 6.01. The third-order valence-electron chi connectivity index (χ3n) is 3.80. The maximum Gasteiger partial charge on any atom is 0.323 e. The number of carbonyl (C=O) groups is 1. The third-order valence-corrected chi connectivity index (χ3v) is 3.80. The summed E-state index contributed by atoms with van der Waals surface area (Å²) >= 11 is 0. The molecule has 0 spiro atoms. The van der Waals surface area contributed by atoms with Gasteiger partial charge in [-0.15, -0.1) is 0 Å². The topological polar surface area (TPSA) is 104 Å². The molecule has 0 bridgehead atoms. The van der Waals surface area contributed by atoms with Gasteiger partial charge in [-0.05, 0) is 49.2 Å². The Morgan fingerprint density at radius 2 is 1.81 bits per heavy atom. The van der Waals surface area contributed by atoms with E-state index in [1.807, 2.05) is 43.3 Å². The lowest BCUT2D eigenvalue weighted by Crippen LogP contribution is -2.39. The van der Waals surface area contributed by atoms with Crippen molar-refractivity contribution < 1.29 is 4.79 Å². The van der Waals surface area contributed by atoms with Crippen LogP contribution < -0.4 is 27.3 Å². The number of nitrogens with two attached hydrogens (primary N) is 1. The Hall–Kier alpha value is -3.06. The molecule has 2 aromatic rings. The monoisotopic (exact) mass is 354 g/mol. The molecule has 0 radical (unpaired) electrons. The summed E-state index contributed by atoms with van der Waals surface area (Å²) in [7, 11) is 0. The predicted molar refractivity (Wildman–Crippen MR) is 107 cm³/mol. The summed E-state index contributed by atoms with van der Waals surface area (Å²) in [4.78, 5) is 12.1. The van der Waals surface area contributed by atoms with E-state index in [2.05, 4.69) is 33.5 Å². The number of anilines is 2. The molecule has 0 heterocycles. The van der Waals surface area contributed by atoms with Crippen molar-refractivity contribution in [3.63, 3.8) is 0 Å². The van der Waals surface area contributed by atoms with Crippen molar-refractivity contribution in [2.45, 2.75) is 26.7 Å². The Balaban J connectivity index is 1.92. The first kappa shape index (κ1) is 19.3. The summed E-state index contributed by atoms with van der Waals surface area (Å²) in [6.45, 7) is 4.90. The molecule has 0 aliphatic heterocycles. The lowest BCUT2D eigenvalue weighted by atomic mass is 10.2. The molecule has 0 aromatic heterocycles. The van der Waals surface area contributed by atoms with Crippen molar-refractivity contribution in [3.8, 4) is 0 Å². The lowest BCUT2D eigenvalue weighted by Gasteiger charge is -2.12. The van der Waals surface area contributed by atoms with Crippen LogP contribution in [0.1, 0.15) is 30.9 Å². The zero-order chi connectivity index (χ0) is 18.8. The number of aryl methyl sites for hydroxylation is 1. The number of hydrogen-bond donors (Lipinski definition) is 5. The van der Waals surface area contributed by atoms with Crippen LogP contribution >= 0.6 is 0 Å². The summed E-state index contributed by atoms with van der Waals surface area (Å²) < 4.78 is 0. The normalized spacial score (nSPS) is 11.1. The molecule has 6 N–H and O–H groups in total. The Kier molecular flexibility index (Phi) is 7.45. The average molecular weight is 354 g/mol. The fourth-order valence-electron chi connectivity index (χ4n) is 2.30. The molecule has 26 heavy (non-hydrogen) atoms. The fourth-order valence-corrected chi connectivity index (χ4v) is 2.30. The molecule has 0 saturated heterocycles. The van der Waals surface area contributed by atoms with Crippen LogP contribution in [0.3, 0.4) is 0 Å². The van der Waals surface area contributed by atoms with E-state index in [9.17, 15) is 4.79 Å². The predicted octanol–water partition coefficient (Wildman–Crippen LogP) is 3.15. The van der Waals surface area contributed by atoms with E-state index < -0.39 is 0 Å². The van der Waals surface area contributed by atoms with E-state index in [1.165, 1.54) is 0 Å². The summed E-state index contributed by atoms with van der Waals surface area (Å²) in [6, 6.07) is 14.6. The zero-order valence-corrected chi connectivity index (χ0v) is 15.2. The number of carbonyl (C=O) groups excluding carboxylic acids is 1. The minimum Gasteiger partial charge on any atom is -0.321 e. The van der Waals surface area contributed by atoms with Gasteiger partial charge in [-0.25, -0.2) is 10.2 Å². The molecular weight excluding hydrogens is 328 g/mol. The van der Waals surface area contributed by atoms with Gasteiger partial charge in [0.25, 0.3) is 0 Å². The van der Waals surface area contributed by atoms with Crippen LogP contribution in [0.5, 0.6) is 0 Å². The number of para-hydroxylation sites is 1. The molecule has 0 unspecified atom stereocenters. The largest absolute Gasteiger partial charge is 0.323 e. The van der Waals surface area contributed by atoms with E-state index in [0.29, 0.717) is 11.5 Å². The molecule has 0 fully saturated rings. The lowest BCUT2D eigenvalue weighted by molar-refractivity contribution is 0.262. The van der Waals surface area contributed by atoms with Gasteiger partial charge in [0.2, 0.25) is 0 Å². The highest BCUT2D eigenvalue weighted by Crippen LogP contribution is 2.14. The molecule has 2 aromatic carbocycles. The second-order valence-electron chi connectivity index (χ2n) is 5.85. The zero-order valence-electron chi connectivity index (χ0n) is 15.2. The van der Waals surface area contributed by atoms with Gasteiger partial charge in [-0.3, -0.25) is 0 Å². The van der Waals surface area contributed by atoms with Crippen LogP contribution in [0, 0.1) is 6.92 Å². The summed E-state index contributed by atoms with van der Waals surface area (Å²) in [5, 5.41) is 9.39. The first-order chi connectivity index (χ1) is 12.6. The van der Waals surface area contributed by atoms with Crippen LogP contribution in [0.4, 0.5) is 16.2 Å². The van der Waals surface area contributed by atoms with Gasteiger partial charge in [0.15, 0.2) is 5.84 Å². The minimum absolute atomic E-state index is 0.292. The second kappa shape index (κ2) is 10.0. The van der Waals surface area contributed by atoms with Crippen LogP contribution in [-0.2, 0) is 0 Å². The van der Waals surface area contributed by atoms with Crippen LogP contribution in [0.2, 0.25) is 0 Å². The van der Waals surface area contributed by atoms with Gasteiger partial charge >= 0.3 is 6.03 Å². The molecule has 0 saturated carbocycles. The van der Waals surface area contributed by atoms with Crippen molar-refractivity contribution in [2.24, 2.45) is 10.9 Å². The molecule has 2 amide bonds. The molecule has 7 heteroatoms. The Morgan fingerprint density at radius 1 is 1.08 bits per heavy atom. The van der Waals surface area contributed by atoms with Crippen LogP contribution in [0.15, 0.2) is 53.6 Å². The van der Waals surface area contributed by atoms with Gasteiger partial charge in [0.1, 0.15) is 0 Å². The van der Waals surface area contributed by atoms with E-state index in [1.54, 1.807) is 12.1 Å². The number of urea groups is 1. The number of nitrogens with one attached hydrogen (secondary N) is 4. The standard InChI is InChI=1S/C19H26N6O/c1-3-4-13-21-25-18(24-20)15-9-11-16(12-10-15)22-19(26)23-17-8-6-5-7-14(17)2/h5-12,21H,3-4,13,20H2,1-2H3,(H,24,25)(H2,22,23,26). The van der Waals surface area contributed by atoms with Gasteiger partial charge in [-0.1, -0.05) is 31.5 Å².